The lowest BCUT2D eigenvalue weighted by atomic mass is 10.1. The zero-order chi connectivity index (χ0) is 14.6. The third-order valence-electron chi connectivity index (χ3n) is 2.80. The zero-order valence-corrected chi connectivity index (χ0v) is 11.7. The van der Waals surface area contributed by atoms with Crippen LogP contribution in [0.1, 0.15) is 46.0 Å². The highest BCUT2D eigenvalue weighted by Crippen LogP contribution is 2.19. The minimum Gasteiger partial charge on any atom is -0.462 e. The number of hydrogen-bond donors (Lipinski definition) is 3. The van der Waals surface area contributed by atoms with Crippen LogP contribution in [-0.2, 0) is 4.74 Å². The molecule has 6 heteroatoms. The van der Waals surface area contributed by atoms with Gasteiger partial charge in [0.05, 0.1) is 18.8 Å². The number of aryl methyl sites for hydroxylation is 1. The fourth-order valence-corrected chi connectivity index (χ4v) is 1.83. The lowest BCUT2D eigenvalue weighted by Gasteiger charge is -2.10. The predicted molar refractivity (Wildman–Crippen MR) is 70.2 cm³/mol. The molecule has 0 saturated carbocycles. The summed E-state index contributed by atoms with van der Waals surface area (Å²) >= 11 is 0. The number of amides is 1. The quantitative estimate of drug-likeness (QED) is 0.692. The van der Waals surface area contributed by atoms with Crippen LogP contribution in [0, 0.1) is 13.8 Å². The number of rotatable bonds is 5. The van der Waals surface area contributed by atoms with Gasteiger partial charge in [0.1, 0.15) is 5.69 Å². The molecule has 1 rings (SSSR count). The van der Waals surface area contributed by atoms with Crippen LogP contribution in [0.3, 0.4) is 0 Å². The van der Waals surface area contributed by atoms with Crippen molar-refractivity contribution >= 4 is 11.9 Å². The van der Waals surface area contributed by atoms with E-state index in [1.54, 1.807) is 27.7 Å². The van der Waals surface area contributed by atoms with Gasteiger partial charge < -0.3 is 20.1 Å². The first-order valence-corrected chi connectivity index (χ1v) is 6.20. The van der Waals surface area contributed by atoms with Crippen molar-refractivity contribution in [3.05, 3.63) is 22.5 Å². The molecule has 1 amide bonds. The van der Waals surface area contributed by atoms with E-state index in [0.29, 0.717) is 22.5 Å². The number of aromatic amines is 1. The lowest BCUT2D eigenvalue weighted by Crippen LogP contribution is -2.35. The largest absolute Gasteiger partial charge is 0.462 e. The summed E-state index contributed by atoms with van der Waals surface area (Å²) in [5.41, 5.74) is 1.86. The van der Waals surface area contributed by atoms with E-state index in [9.17, 15) is 9.59 Å². The van der Waals surface area contributed by atoms with Gasteiger partial charge in [-0.05, 0) is 33.3 Å². The average Bonchev–Trinajstić information content (AvgIpc) is 2.65. The van der Waals surface area contributed by atoms with Crippen LogP contribution < -0.4 is 5.32 Å². The molecule has 1 heterocycles. The van der Waals surface area contributed by atoms with Gasteiger partial charge in [-0.2, -0.15) is 0 Å². The molecule has 6 nitrogen and oxygen atoms in total. The highest BCUT2D eigenvalue weighted by molar-refractivity contribution is 6.00. The predicted octanol–water partition coefficient (Wildman–Crippen LogP) is 0.919. The molecule has 3 N–H and O–H groups in total. The van der Waals surface area contributed by atoms with Crippen LogP contribution in [0.4, 0.5) is 0 Å². The highest BCUT2D eigenvalue weighted by atomic mass is 16.5. The van der Waals surface area contributed by atoms with Gasteiger partial charge in [-0.25, -0.2) is 4.79 Å². The lowest BCUT2D eigenvalue weighted by molar-refractivity contribution is 0.0525. The first-order valence-electron chi connectivity index (χ1n) is 6.20. The van der Waals surface area contributed by atoms with Crippen molar-refractivity contribution in [2.24, 2.45) is 0 Å². The maximum Gasteiger partial charge on any atom is 0.340 e. The second kappa shape index (κ2) is 6.38. The number of nitrogens with one attached hydrogen (secondary N) is 2. The first kappa shape index (κ1) is 15.2. The summed E-state index contributed by atoms with van der Waals surface area (Å²) in [6.07, 6.45) is 0. The van der Waals surface area contributed by atoms with Crippen LogP contribution in [0.25, 0.3) is 0 Å². The fraction of sp³-hybridized carbons (Fsp3) is 0.538. The maximum atomic E-state index is 12.0. The Balaban J connectivity index is 3.02. The molecular formula is C13H20N2O4. The molecule has 0 saturated heterocycles. The van der Waals surface area contributed by atoms with E-state index in [-0.39, 0.29) is 25.2 Å². The van der Waals surface area contributed by atoms with E-state index in [1.807, 2.05) is 0 Å². The van der Waals surface area contributed by atoms with E-state index in [2.05, 4.69) is 10.3 Å². The molecule has 0 aliphatic rings. The van der Waals surface area contributed by atoms with Crippen LogP contribution in [0.15, 0.2) is 0 Å². The number of hydrogen-bond acceptors (Lipinski definition) is 4. The summed E-state index contributed by atoms with van der Waals surface area (Å²) in [6.45, 7) is 6.96. The Kier molecular flexibility index (Phi) is 5.11. The summed E-state index contributed by atoms with van der Waals surface area (Å²) in [5.74, 6) is -0.791. The second-order valence-corrected chi connectivity index (χ2v) is 4.40. The molecule has 1 aromatic rings. The molecule has 0 fully saturated rings. The van der Waals surface area contributed by atoms with E-state index < -0.39 is 5.97 Å². The molecule has 19 heavy (non-hydrogen) atoms. The molecule has 0 spiro atoms. The summed E-state index contributed by atoms with van der Waals surface area (Å²) in [5, 5.41) is 11.5. The van der Waals surface area contributed by atoms with Gasteiger partial charge in [0.15, 0.2) is 0 Å². The van der Waals surface area contributed by atoms with Crippen molar-refractivity contribution in [1.82, 2.24) is 10.3 Å². The van der Waals surface area contributed by atoms with Gasteiger partial charge in [0, 0.05) is 11.7 Å². The van der Waals surface area contributed by atoms with Gasteiger partial charge >= 0.3 is 5.97 Å². The third-order valence-corrected chi connectivity index (χ3v) is 2.80. The van der Waals surface area contributed by atoms with Crippen LogP contribution in [0.5, 0.6) is 0 Å². The Labute approximate surface area is 112 Å². The average molecular weight is 268 g/mol. The topological polar surface area (TPSA) is 91.4 Å². The minimum atomic E-state index is -0.442. The summed E-state index contributed by atoms with van der Waals surface area (Å²) in [6, 6.07) is -0.346. The van der Waals surface area contributed by atoms with Crippen molar-refractivity contribution in [2.45, 2.75) is 33.7 Å². The van der Waals surface area contributed by atoms with E-state index in [4.69, 9.17) is 9.84 Å². The number of aliphatic hydroxyl groups excluding tert-OH is 1. The maximum absolute atomic E-state index is 12.0. The number of ether oxygens (including phenoxy) is 1. The molecule has 0 aliphatic heterocycles. The van der Waals surface area contributed by atoms with Gasteiger partial charge in [-0.1, -0.05) is 0 Å². The van der Waals surface area contributed by atoms with E-state index in [0.717, 1.165) is 0 Å². The SMILES string of the molecule is CCOC(=O)c1c(C)[nH]c(C(=O)NC(C)CO)c1C. The van der Waals surface area contributed by atoms with Gasteiger partial charge in [-0.15, -0.1) is 0 Å². The zero-order valence-electron chi connectivity index (χ0n) is 11.7. The standard InChI is InChI=1S/C13H20N2O4/c1-5-19-13(18)10-8(3)11(15-9(10)4)12(17)14-7(2)6-16/h7,15-16H,5-6H2,1-4H3,(H,14,17). The molecule has 0 bridgehead atoms. The third kappa shape index (κ3) is 3.35. The molecule has 1 unspecified atom stereocenters. The molecule has 0 radical (unpaired) electrons. The monoisotopic (exact) mass is 268 g/mol. The number of H-pyrrole nitrogens is 1. The highest BCUT2D eigenvalue weighted by Gasteiger charge is 2.23. The second-order valence-electron chi connectivity index (χ2n) is 4.40. The van der Waals surface area contributed by atoms with Crippen molar-refractivity contribution < 1.29 is 19.4 Å². The Morgan fingerprint density at radius 3 is 2.58 bits per heavy atom. The number of aliphatic hydroxyl groups is 1. The minimum absolute atomic E-state index is 0.144. The Bertz CT molecular complexity index is 479. The van der Waals surface area contributed by atoms with Crippen molar-refractivity contribution in [3.8, 4) is 0 Å². The Morgan fingerprint density at radius 1 is 1.42 bits per heavy atom. The molecule has 1 atom stereocenters. The number of esters is 1. The van der Waals surface area contributed by atoms with Crippen molar-refractivity contribution in [1.29, 1.82) is 0 Å². The van der Waals surface area contributed by atoms with Crippen LogP contribution in [0.2, 0.25) is 0 Å². The summed E-state index contributed by atoms with van der Waals surface area (Å²) < 4.78 is 4.95. The Morgan fingerprint density at radius 2 is 2.05 bits per heavy atom. The van der Waals surface area contributed by atoms with E-state index >= 15 is 0 Å². The van der Waals surface area contributed by atoms with Crippen LogP contribution >= 0.6 is 0 Å². The van der Waals surface area contributed by atoms with Crippen LogP contribution in [-0.4, -0.2) is 41.2 Å². The van der Waals surface area contributed by atoms with Gasteiger partial charge in [0.25, 0.3) is 5.91 Å². The number of aromatic nitrogens is 1. The number of carbonyl (C=O) groups excluding carboxylic acids is 2. The molecule has 0 aliphatic carbocycles. The summed E-state index contributed by atoms with van der Waals surface area (Å²) in [4.78, 5) is 26.6. The smallest absolute Gasteiger partial charge is 0.340 e. The number of carbonyl (C=O) groups is 2. The molecular weight excluding hydrogens is 248 g/mol. The Hall–Kier alpha value is -1.82. The normalized spacial score (nSPS) is 12.1. The van der Waals surface area contributed by atoms with Gasteiger partial charge in [-0.3, -0.25) is 4.79 Å². The fourth-order valence-electron chi connectivity index (χ4n) is 1.83. The van der Waals surface area contributed by atoms with Crippen molar-refractivity contribution in [2.75, 3.05) is 13.2 Å². The summed E-state index contributed by atoms with van der Waals surface area (Å²) in [7, 11) is 0. The molecule has 1 aromatic heterocycles. The molecule has 106 valence electrons. The van der Waals surface area contributed by atoms with Crippen molar-refractivity contribution in [3.63, 3.8) is 0 Å². The van der Waals surface area contributed by atoms with E-state index in [1.165, 1.54) is 0 Å². The van der Waals surface area contributed by atoms with Gasteiger partial charge in [0.2, 0.25) is 0 Å². The first-order chi connectivity index (χ1) is 8.92. The molecule has 0 aromatic carbocycles.